The molecule has 0 aliphatic carbocycles. The molecule has 2 saturated heterocycles. The van der Waals surface area contributed by atoms with E-state index in [1.807, 2.05) is 6.92 Å². The molecular weight excluding hydrogens is 240 g/mol. The van der Waals surface area contributed by atoms with Crippen LogP contribution < -0.4 is 10.7 Å². The minimum atomic E-state index is -0.0385. The fourth-order valence-corrected chi connectivity index (χ4v) is 3.10. The van der Waals surface area contributed by atoms with Crippen LogP contribution in [0.3, 0.4) is 0 Å². The van der Waals surface area contributed by atoms with E-state index in [9.17, 15) is 4.79 Å². The molecule has 2 N–H and O–H groups in total. The first-order chi connectivity index (χ1) is 9.09. The van der Waals surface area contributed by atoms with Crippen molar-refractivity contribution in [2.24, 2.45) is 0 Å². The van der Waals surface area contributed by atoms with Crippen molar-refractivity contribution in [2.45, 2.75) is 58.2 Å². The van der Waals surface area contributed by atoms with Crippen LogP contribution >= 0.6 is 0 Å². The largest absolute Gasteiger partial charge is 0.314 e. The number of piperidine rings is 1. The zero-order valence-corrected chi connectivity index (χ0v) is 12.5. The molecule has 110 valence electrons. The van der Waals surface area contributed by atoms with Gasteiger partial charge in [0, 0.05) is 38.3 Å². The Balaban J connectivity index is 1.88. The maximum absolute atomic E-state index is 12.4. The molecule has 3 atom stereocenters. The van der Waals surface area contributed by atoms with E-state index in [1.54, 1.807) is 0 Å². The van der Waals surface area contributed by atoms with Crippen molar-refractivity contribution in [3.8, 4) is 0 Å². The molecule has 19 heavy (non-hydrogen) atoms. The smallest absolute Gasteiger partial charge is 0.251 e. The number of nitrogens with one attached hydrogen (secondary N) is 2. The topological polar surface area (TPSA) is 47.6 Å². The van der Waals surface area contributed by atoms with Crippen molar-refractivity contribution in [1.29, 1.82) is 0 Å². The average Bonchev–Trinajstić information content (AvgIpc) is 2.43. The Hall–Kier alpha value is -0.650. The molecule has 0 saturated carbocycles. The molecule has 2 fully saturated rings. The number of piperazine rings is 1. The van der Waals surface area contributed by atoms with Crippen molar-refractivity contribution in [2.75, 3.05) is 26.2 Å². The molecule has 0 spiro atoms. The van der Waals surface area contributed by atoms with Gasteiger partial charge < -0.3 is 5.32 Å². The Bertz CT molecular complexity index is 294. The molecule has 2 aliphatic heterocycles. The Morgan fingerprint density at radius 2 is 1.79 bits per heavy atom. The molecule has 0 aromatic rings. The number of hydrazine groups is 1. The summed E-state index contributed by atoms with van der Waals surface area (Å²) in [4.78, 5) is 14.6. The lowest BCUT2D eigenvalue weighted by atomic mass is 10.00. The lowest BCUT2D eigenvalue weighted by Crippen LogP contribution is -2.59. The van der Waals surface area contributed by atoms with Gasteiger partial charge in [-0.1, -0.05) is 6.42 Å². The minimum absolute atomic E-state index is 0.0385. The van der Waals surface area contributed by atoms with Crippen molar-refractivity contribution < 1.29 is 4.79 Å². The molecule has 0 radical (unpaired) electrons. The predicted molar refractivity (Wildman–Crippen MR) is 76.7 cm³/mol. The molecule has 2 rings (SSSR count). The van der Waals surface area contributed by atoms with Crippen LogP contribution in [-0.2, 0) is 4.79 Å². The Kier molecular flexibility index (Phi) is 5.19. The van der Waals surface area contributed by atoms with Crippen molar-refractivity contribution >= 4 is 5.91 Å². The van der Waals surface area contributed by atoms with Gasteiger partial charge in [-0.25, -0.2) is 5.01 Å². The van der Waals surface area contributed by atoms with Gasteiger partial charge in [-0.15, -0.1) is 0 Å². The summed E-state index contributed by atoms with van der Waals surface area (Å²) in [6.07, 6.45) is 3.61. The van der Waals surface area contributed by atoms with Crippen LogP contribution in [0.2, 0.25) is 0 Å². The maximum atomic E-state index is 12.4. The van der Waals surface area contributed by atoms with E-state index in [0.29, 0.717) is 12.1 Å². The van der Waals surface area contributed by atoms with Gasteiger partial charge in [0.15, 0.2) is 0 Å². The van der Waals surface area contributed by atoms with Crippen LogP contribution in [0.1, 0.15) is 40.0 Å². The first-order valence-corrected chi connectivity index (χ1v) is 7.63. The van der Waals surface area contributed by atoms with Crippen molar-refractivity contribution in [3.05, 3.63) is 0 Å². The van der Waals surface area contributed by atoms with E-state index >= 15 is 0 Å². The first-order valence-electron chi connectivity index (χ1n) is 7.63. The Labute approximate surface area is 116 Å². The lowest BCUT2D eigenvalue weighted by Gasteiger charge is -2.40. The molecule has 0 aromatic heterocycles. The Morgan fingerprint density at radius 1 is 1.21 bits per heavy atom. The fraction of sp³-hybridized carbons (Fsp3) is 0.929. The molecule has 1 amide bonds. The summed E-state index contributed by atoms with van der Waals surface area (Å²) in [6.45, 7) is 10.3. The summed E-state index contributed by atoms with van der Waals surface area (Å²) >= 11 is 0. The van der Waals surface area contributed by atoms with E-state index < -0.39 is 0 Å². The third-order valence-corrected chi connectivity index (χ3v) is 4.51. The van der Waals surface area contributed by atoms with Gasteiger partial charge in [0.2, 0.25) is 0 Å². The Morgan fingerprint density at radius 3 is 2.37 bits per heavy atom. The number of carbonyl (C=O) groups excluding carboxylic acids is 1. The van der Waals surface area contributed by atoms with Gasteiger partial charge in [0.25, 0.3) is 5.91 Å². The number of nitrogens with zero attached hydrogens (tertiary/aromatic N) is 2. The standard InChI is InChI=1S/C14H28N4O/c1-11-5-4-6-12(2)18(11)16-14(19)13(3)17-9-7-15-8-10-17/h11-13,15H,4-10H2,1-3H3,(H,16,19). The molecule has 0 aromatic carbocycles. The number of amides is 1. The summed E-state index contributed by atoms with van der Waals surface area (Å²) < 4.78 is 0. The van der Waals surface area contributed by atoms with Crippen LogP contribution in [0.25, 0.3) is 0 Å². The van der Waals surface area contributed by atoms with Crippen molar-refractivity contribution in [3.63, 3.8) is 0 Å². The number of rotatable bonds is 3. The second-order valence-electron chi connectivity index (χ2n) is 5.97. The highest BCUT2D eigenvalue weighted by atomic mass is 16.2. The molecule has 5 nitrogen and oxygen atoms in total. The number of carbonyl (C=O) groups is 1. The van der Waals surface area contributed by atoms with Crippen LogP contribution in [0, 0.1) is 0 Å². The summed E-state index contributed by atoms with van der Waals surface area (Å²) in [5.74, 6) is 0.141. The number of hydrogen-bond acceptors (Lipinski definition) is 4. The zero-order chi connectivity index (χ0) is 13.8. The van der Waals surface area contributed by atoms with Gasteiger partial charge in [-0.05, 0) is 33.6 Å². The van der Waals surface area contributed by atoms with Crippen LogP contribution in [0.4, 0.5) is 0 Å². The monoisotopic (exact) mass is 268 g/mol. The van der Waals surface area contributed by atoms with E-state index in [0.717, 1.165) is 26.2 Å². The second kappa shape index (κ2) is 6.68. The molecule has 5 heteroatoms. The quantitative estimate of drug-likeness (QED) is 0.786. The van der Waals surface area contributed by atoms with Gasteiger partial charge in [0.1, 0.15) is 0 Å². The summed E-state index contributed by atoms with van der Waals surface area (Å²) in [5, 5.41) is 5.48. The minimum Gasteiger partial charge on any atom is -0.314 e. The van der Waals surface area contributed by atoms with E-state index in [1.165, 1.54) is 19.3 Å². The van der Waals surface area contributed by atoms with Gasteiger partial charge >= 0.3 is 0 Å². The fourth-order valence-electron chi connectivity index (χ4n) is 3.10. The van der Waals surface area contributed by atoms with Gasteiger partial charge in [-0.2, -0.15) is 0 Å². The first kappa shape index (κ1) is 14.8. The normalized spacial score (nSPS) is 31.9. The van der Waals surface area contributed by atoms with Crippen molar-refractivity contribution in [1.82, 2.24) is 20.7 Å². The highest BCUT2D eigenvalue weighted by Gasteiger charge is 2.29. The van der Waals surface area contributed by atoms with E-state index in [-0.39, 0.29) is 11.9 Å². The van der Waals surface area contributed by atoms with Crippen LogP contribution in [0.5, 0.6) is 0 Å². The zero-order valence-electron chi connectivity index (χ0n) is 12.5. The molecule has 3 unspecified atom stereocenters. The maximum Gasteiger partial charge on any atom is 0.251 e. The van der Waals surface area contributed by atoms with E-state index in [4.69, 9.17) is 0 Å². The highest BCUT2D eigenvalue weighted by Crippen LogP contribution is 2.20. The average molecular weight is 268 g/mol. The third-order valence-electron chi connectivity index (χ3n) is 4.51. The molecular formula is C14H28N4O. The van der Waals surface area contributed by atoms with Gasteiger partial charge in [0.05, 0.1) is 6.04 Å². The second-order valence-corrected chi connectivity index (χ2v) is 5.97. The highest BCUT2D eigenvalue weighted by molar-refractivity contribution is 5.80. The summed E-state index contributed by atoms with van der Waals surface area (Å²) in [5.41, 5.74) is 3.15. The molecule has 2 heterocycles. The lowest BCUT2D eigenvalue weighted by molar-refractivity contribution is -0.134. The van der Waals surface area contributed by atoms with Crippen LogP contribution in [0.15, 0.2) is 0 Å². The van der Waals surface area contributed by atoms with Gasteiger partial charge in [-0.3, -0.25) is 15.1 Å². The molecule has 0 bridgehead atoms. The molecule has 2 aliphatic rings. The third kappa shape index (κ3) is 3.68. The SMILES string of the molecule is CC(C(=O)NN1C(C)CCCC1C)N1CCNCC1. The predicted octanol–water partition coefficient (Wildman–Crippen LogP) is 0.574. The van der Waals surface area contributed by atoms with Crippen LogP contribution in [-0.4, -0.2) is 60.1 Å². The number of hydrogen-bond donors (Lipinski definition) is 2. The van der Waals surface area contributed by atoms with E-state index in [2.05, 4.69) is 34.5 Å². The summed E-state index contributed by atoms with van der Waals surface area (Å²) in [7, 11) is 0. The summed E-state index contributed by atoms with van der Waals surface area (Å²) in [6, 6.07) is 0.856.